The molecule has 1 aliphatic rings. The lowest BCUT2D eigenvalue weighted by atomic mass is 10.1. The highest BCUT2D eigenvalue weighted by Crippen LogP contribution is 2.36. The number of alkyl carbamates (subject to hydrolysis) is 1. The van der Waals surface area contributed by atoms with Gasteiger partial charge in [-0.3, -0.25) is 4.79 Å². The Balaban J connectivity index is 2.53. The summed E-state index contributed by atoms with van der Waals surface area (Å²) in [7, 11) is 0. The molecule has 1 N–H and O–H groups in total. The van der Waals surface area contributed by atoms with Crippen LogP contribution in [0.1, 0.15) is 33.6 Å². The Labute approximate surface area is 89.4 Å². The fraction of sp³-hybridized carbons (Fsp3) is 0.636. The number of terminal acetylenes is 1. The van der Waals surface area contributed by atoms with Gasteiger partial charge in [-0.25, -0.2) is 4.79 Å². The lowest BCUT2D eigenvalue weighted by Gasteiger charge is -2.21. The fourth-order valence-electron chi connectivity index (χ4n) is 1.17. The van der Waals surface area contributed by atoms with Crippen molar-refractivity contribution in [3.8, 4) is 12.3 Å². The molecule has 0 spiro atoms. The summed E-state index contributed by atoms with van der Waals surface area (Å²) in [5, 5.41) is 2.52. The smallest absolute Gasteiger partial charge is 0.408 e. The topological polar surface area (TPSA) is 55.4 Å². The molecule has 0 aromatic rings. The first-order valence-corrected chi connectivity index (χ1v) is 4.81. The first-order chi connectivity index (χ1) is 6.79. The summed E-state index contributed by atoms with van der Waals surface area (Å²) in [4.78, 5) is 22.7. The van der Waals surface area contributed by atoms with Gasteiger partial charge in [0.05, 0.1) is 0 Å². The Morgan fingerprint density at radius 1 is 1.40 bits per heavy atom. The zero-order valence-corrected chi connectivity index (χ0v) is 9.22. The molecule has 15 heavy (non-hydrogen) atoms. The molecule has 0 unspecified atom stereocenters. The van der Waals surface area contributed by atoms with Crippen LogP contribution in [-0.4, -0.2) is 23.0 Å². The quantitative estimate of drug-likeness (QED) is 0.550. The third-order valence-corrected chi connectivity index (χ3v) is 2.06. The average Bonchev–Trinajstić information content (AvgIpc) is 2.80. The number of Topliss-reactive ketones (excluding diaryl/α,β-unsaturated/α-hetero) is 1. The van der Waals surface area contributed by atoms with Gasteiger partial charge in [0.15, 0.2) is 0 Å². The van der Waals surface area contributed by atoms with E-state index in [0.717, 1.165) is 0 Å². The van der Waals surface area contributed by atoms with Gasteiger partial charge >= 0.3 is 6.09 Å². The minimum atomic E-state index is -0.850. The molecule has 1 rings (SSSR count). The number of nitrogens with one attached hydrogen (secondary N) is 1. The van der Waals surface area contributed by atoms with E-state index in [1.54, 1.807) is 20.8 Å². The van der Waals surface area contributed by atoms with Gasteiger partial charge in [0.25, 0.3) is 0 Å². The van der Waals surface area contributed by atoms with Crippen LogP contribution in [0.4, 0.5) is 4.79 Å². The van der Waals surface area contributed by atoms with Crippen molar-refractivity contribution < 1.29 is 14.3 Å². The summed E-state index contributed by atoms with van der Waals surface area (Å²) >= 11 is 0. The number of hydrogen-bond donors (Lipinski definition) is 1. The van der Waals surface area contributed by atoms with Crippen molar-refractivity contribution in [2.45, 2.75) is 44.8 Å². The number of ketones is 1. The lowest BCUT2D eigenvalue weighted by molar-refractivity contribution is -0.116. The number of amides is 1. The van der Waals surface area contributed by atoms with Crippen LogP contribution in [0.2, 0.25) is 0 Å². The van der Waals surface area contributed by atoms with Gasteiger partial charge in [0.1, 0.15) is 11.1 Å². The predicted molar refractivity (Wildman–Crippen MR) is 55.2 cm³/mol. The normalized spacial score (nSPS) is 17.5. The molecule has 0 aliphatic heterocycles. The van der Waals surface area contributed by atoms with Crippen LogP contribution in [0.5, 0.6) is 0 Å². The molecular weight excluding hydrogens is 194 g/mol. The molecule has 0 bridgehead atoms. The van der Waals surface area contributed by atoms with Crippen LogP contribution < -0.4 is 5.32 Å². The van der Waals surface area contributed by atoms with E-state index in [-0.39, 0.29) is 5.78 Å². The van der Waals surface area contributed by atoms with Crippen molar-refractivity contribution in [3.05, 3.63) is 0 Å². The summed E-state index contributed by atoms with van der Waals surface area (Å²) in [5.74, 6) is 1.65. The van der Waals surface area contributed by atoms with E-state index in [1.165, 1.54) is 0 Å². The van der Waals surface area contributed by atoms with Crippen LogP contribution in [0, 0.1) is 12.3 Å². The summed E-state index contributed by atoms with van der Waals surface area (Å²) in [6, 6.07) is 0. The van der Waals surface area contributed by atoms with E-state index in [1.807, 2.05) is 5.92 Å². The van der Waals surface area contributed by atoms with Gasteiger partial charge in [-0.15, -0.1) is 6.42 Å². The van der Waals surface area contributed by atoms with Gasteiger partial charge in [0.2, 0.25) is 5.78 Å². The average molecular weight is 209 g/mol. The van der Waals surface area contributed by atoms with Crippen molar-refractivity contribution in [2.24, 2.45) is 0 Å². The van der Waals surface area contributed by atoms with Gasteiger partial charge in [-0.05, 0) is 39.5 Å². The molecule has 0 aromatic heterocycles. The Morgan fingerprint density at radius 2 is 1.93 bits per heavy atom. The number of carbonyl (C=O) groups is 2. The molecule has 4 heteroatoms. The maximum absolute atomic E-state index is 11.4. The monoisotopic (exact) mass is 209 g/mol. The van der Waals surface area contributed by atoms with E-state index in [2.05, 4.69) is 5.32 Å². The van der Waals surface area contributed by atoms with Gasteiger partial charge in [-0.1, -0.05) is 0 Å². The van der Waals surface area contributed by atoms with Crippen molar-refractivity contribution in [2.75, 3.05) is 0 Å². The second-order valence-electron chi connectivity index (χ2n) is 4.68. The Morgan fingerprint density at radius 3 is 2.27 bits per heavy atom. The van der Waals surface area contributed by atoms with Gasteiger partial charge in [-0.2, -0.15) is 0 Å². The van der Waals surface area contributed by atoms with Crippen LogP contribution in [-0.2, 0) is 9.53 Å². The Kier molecular flexibility index (Phi) is 2.76. The SMILES string of the molecule is C#CC(=O)C1(NC(=O)OC(C)(C)C)CC1. The number of hydrogen-bond acceptors (Lipinski definition) is 3. The standard InChI is InChI=1S/C11H15NO3/c1-5-8(13)11(6-7-11)12-9(14)15-10(2,3)4/h1H,6-7H2,2-4H3,(H,12,14). The van der Waals surface area contributed by atoms with Crippen molar-refractivity contribution in [3.63, 3.8) is 0 Å². The minimum Gasteiger partial charge on any atom is -0.444 e. The van der Waals surface area contributed by atoms with E-state index in [0.29, 0.717) is 12.8 Å². The zero-order chi connectivity index (χ0) is 11.7. The maximum atomic E-state index is 11.4. The Hall–Kier alpha value is -1.50. The number of rotatable bonds is 2. The van der Waals surface area contributed by atoms with Crippen molar-refractivity contribution in [1.82, 2.24) is 5.32 Å². The summed E-state index contributed by atoms with van der Waals surface area (Å²) < 4.78 is 5.04. The highest BCUT2D eigenvalue weighted by Gasteiger charge is 2.51. The van der Waals surface area contributed by atoms with Crippen LogP contribution in [0.3, 0.4) is 0 Å². The third-order valence-electron chi connectivity index (χ3n) is 2.06. The minimum absolute atomic E-state index is 0.381. The van der Waals surface area contributed by atoms with Crippen LogP contribution in [0.25, 0.3) is 0 Å². The largest absolute Gasteiger partial charge is 0.444 e. The molecular formula is C11H15NO3. The molecule has 0 radical (unpaired) electrons. The number of carbonyl (C=O) groups excluding carboxylic acids is 2. The van der Waals surface area contributed by atoms with E-state index in [9.17, 15) is 9.59 Å². The molecule has 0 saturated heterocycles. The predicted octanol–water partition coefficient (Wildman–Crippen LogP) is 1.25. The molecule has 82 valence electrons. The van der Waals surface area contributed by atoms with Crippen LogP contribution >= 0.6 is 0 Å². The van der Waals surface area contributed by atoms with Crippen LogP contribution in [0.15, 0.2) is 0 Å². The van der Waals surface area contributed by atoms with E-state index in [4.69, 9.17) is 11.2 Å². The number of ether oxygens (including phenoxy) is 1. The molecule has 1 amide bonds. The molecule has 4 nitrogen and oxygen atoms in total. The molecule has 1 fully saturated rings. The van der Waals surface area contributed by atoms with E-state index < -0.39 is 17.2 Å². The molecule has 0 heterocycles. The fourth-order valence-corrected chi connectivity index (χ4v) is 1.17. The maximum Gasteiger partial charge on any atom is 0.408 e. The zero-order valence-electron chi connectivity index (χ0n) is 9.22. The van der Waals surface area contributed by atoms with Gasteiger partial charge < -0.3 is 10.1 Å². The summed E-state index contributed by atoms with van der Waals surface area (Å²) in [5.41, 5.74) is -1.42. The summed E-state index contributed by atoms with van der Waals surface area (Å²) in [6.45, 7) is 5.28. The van der Waals surface area contributed by atoms with Gasteiger partial charge in [0, 0.05) is 0 Å². The Bertz CT molecular complexity index is 329. The van der Waals surface area contributed by atoms with Crippen molar-refractivity contribution >= 4 is 11.9 Å². The second-order valence-corrected chi connectivity index (χ2v) is 4.68. The third kappa shape index (κ3) is 2.98. The molecule has 0 atom stereocenters. The lowest BCUT2D eigenvalue weighted by Crippen LogP contribution is -2.45. The molecule has 1 saturated carbocycles. The molecule has 0 aromatic carbocycles. The highest BCUT2D eigenvalue weighted by molar-refractivity contribution is 6.06. The summed E-state index contributed by atoms with van der Waals surface area (Å²) in [6.07, 6.45) is 5.60. The first kappa shape index (κ1) is 11.6. The van der Waals surface area contributed by atoms with E-state index >= 15 is 0 Å². The molecule has 1 aliphatic carbocycles. The second kappa shape index (κ2) is 3.58. The first-order valence-electron chi connectivity index (χ1n) is 4.81. The van der Waals surface area contributed by atoms with Crippen molar-refractivity contribution in [1.29, 1.82) is 0 Å². The highest BCUT2D eigenvalue weighted by atomic mass is 16.6.